The third-order valence-corrected chi connectivity index (χ3v) is 3.12. The van der Waals surface area contributed by atoms with Crippen LogP contribution in [0.5, 0.6) is 0 Å². The lowest BCUT2D eigenvalue weighted by Crippen LogP contribution is -2.27. The minimum absolute atomic E-state index is 0.0493. The Morgan fingerprint density at radius 2 is 1.68 bits per heavy atom. The summed E-state index contributed by atoms with van der Waals surface area (Å²) < 4.78 is 14.7. The van der Waals surface area contributed by atoms with E-state index < -0.39 is 0 Å². The molecule has 100 valence electrons. The number of halogens is 1. The first-order valence-electron chi connectivity index (χ1n) is 6.20. The summed E-state index contributed by atoms with van der Waals surface area (Å²) in [6.45, 7) is 4.67. The summed E-state index contributed by atoms with van der Waals surface area (Å²) in [5, 5.41) is 2.83. The van der Waals surface area contributed by atoms with Gasteiger partial charge in [-0.15, -0.1) is 0 Å². The van der Waals surface area contributed by atoms with Crippen molar-refractivity contribution in [2.24, 2.45) is 0 Å². The number of aromatic nitrogens is 1. The predicted octanol–water partition coefficient (Wildman–Crippen LogP) is 2.56. The monoisotopic (exact) mass is 260 g/mol. The molecule has 0 bridgehead atoms. The van der Waals surface area contributed by atoms with Gasteiger partial charge in [0.25, 0.3) is 0 Å². The van der Waals surface area contributed by atoms with E-state index in [1.807, 2.05) is 30.5 Å². The van der Waals surface area contributed by atoms with Crippen LogP contribution >= 0.6 is 0 Å². The van der Waals surface area contributed by atoms with Crippen molar-refractivity contribution in [2.45, 2.75) is 26.9 Å². The summed E-state index contributed by atoms with van der Waals surface area (Å²) in [6, 6.07) is 10.1. The molecule has 0 unspecified atom stereocenters. The third kappa shape index (κ3) is 3.44. The highest BCUT2D eigenvalue weighted by molar-refractivity contribution is 5.75. The molecule has 0 aliphatic heterocycles. The Hall–Kier alpha value is -2.10. The van der Waals surface area contributed by atoms with Crippen molar-refractivity contribution >= 4 is 5.91 Å². The van der Waals surface area contributed by atoms with Gasteiger partial charge in [-0.3, -0.25) is 4.79 Å². The number of carbonyl (C=O) groups excluding carboxylic acids is 1. The van der Waals surface area contributed by atoms with Gasteiger partial charge in [0.1, 0.15) is 12.4 Å². The molecule has 0 fully saturated rings. The molecular formula is C15H17FN2O. The second-order valence-corrected chi connectivity index (χ2v) is 4.61. The average Bonchev–Trinajstić information content (AvgIpc) is 2.70. The fourth-order valence-corrected chi connectivity index (χ4v) is 1.95. The smallest absolute Gasteiger partial charge is 0.240 e. The fourth-order valence-electron chi connectivity index (χ4n) is 1.95. The number of hydrogen-bond donors (Lipinski definition) is 1. The van der Waals surface area contributed by atoms with Crippen molar-refractivity contribution in [3.63, 3.8) is 0 Å². The Balaban J connectivity index is 1.90. The minimum atomic E-state index is -0.270. The number of amides is 1. The molecule has 0 aliphatic carbocycles. The van der Waals surface area contributed by atoms with Gasteiger partial charge in [0.05, 0.1) is 0 Å². The number of carbonyl (C=O) groups is 1. The number of aryl methyl sites for hydroxylation is 2. The lowest BCUT2D eigenvalue weighted by Gasteiger charge is -2.10. The van der Waals surface area contributed by atoms with Gasteiger partial charge in [-0.2, -0.15) is 0 Å². The quantitative estimate of drug-likeness (QED) is 0.900. The molecule has 1 aromatic carbocycles. The highest BCUT2D eigenvalue weighted by atomic mass is 19.1. The van der Waals surface area contributed by atoms with Crippen LogP contribution in [0.3, 0.4) is 0 Å². The summed E-state index contributed by atoms with van der Waals surface area (Å²) in [5.74, 6) is -0.319. The van der Waals surface area contributed by atoms with Gasteiger partial charge in [-0.1, -0.05) is 12.1 Å². The van der Waals surface area contributed by atoms with E-state index in [1.165, 1.54) is 12.1 Å². The first-order chi connectivity index (χ1) is 9.06. The van der Waals surface area contributed by atoms with Crippen LogP contribution < -0.4 is 5.32 Å². The summed E-state index contributed by atoms with van der Waals surface area (Å²) in [6.07, 6.45) is 0. The fraction of sp³-hybridized carbons (Fsp3) is 0.267. The minimum Gasteiger partial charge on any atom is -0.350 e. The van der Waals surface area contributed by atoms with Gasteiger partial charge in [0, 0.05) is 17.9 Å². The molecule has 0 spiro atoms. The van der Waals surface area contributed by atoms with Crippen LogP contribution in [-0.4, -0.2) is 10.5 Å². The molecule has 1 aromatic heterocycles. The van der Waals surface area contributed by atoms with Crippen LogP contribution in [0.1, 0.15) is 17.0 Å². The van der Waals surface area contributed by atoms with Gasteiger partial charge in [0.2, 0.25) is 5.91 Å². The zero-order valence-electron chi connectivity index (χ0n) is 11.1. The predicted molar refractivity (Wildman–Crippen MR) is 72.2 cm³/mol. The van der Waals surface area contributed by atoms with E-state index in [0.29, 0.717) is 13.1 Å². The van der Waals surface area contributed by atoms with E-state index in [-0.39, 0.29) is 11.7 Å². The van der Waals surface area contributed by atoms with Gasteiger partial charge >= 0.3 is 0 Å². The van der Waals surface area contributed by atoms with Crippen LogP contribution in [0, 0.1) is 19.7 Å². The van der Waals surface area contributed by atoms with Crippen molar-refractivity contribution in [1.82, 2.24) is 9.88 Å². The Bertz CT molecular complexity index is 553. The molecule has 2 aromatic rings. The van der Waals surface area contributed by atoms with E-state index >= 15 is 0 Å². The molecule has 0 aliphatic rings. The van der Waals surface area contributed by atoms with Crippen molar-refractivity contribution in [3.05, 3.63) is 59.2 Å². The zero-order valence-corrected chi connectivity index (χ0v) is 11.1. The van der Waals surface area contributed by atoms with Crippen LogP contribution in [0.4, 0.5) is 4.39 Å². The van der Waals surface area contributed by atoms with E-state index in [9.17, 15) is 9.18 Å². The molecule has 0 saturated carbocycles. The maximum Gasteiger partial charge on any atom is 0.240 e. The SMILES string of the molecule is Cc1ccc(C)n1CC(=O)NCc1ccc(F)cc1. The third-order valence-electron chi connectivity index (χ3n) is 3.12. The van der Waals surface area contributed by atoms with Crippen LogP contribution in [0.2, 0.25) is 0 Å². The molecule has 1 heterocycles. The lowest BCUT2D eigenvalue weighted by atomic mass is 10.2. The van der Waals surface area contributed by atoms with Crippen molar-refractivity contribution in [2.75, 3.05) is 0 Å². The molecule has 19 heavy (non-hydrogen) atoms. The van der Waals surface area contributed by atoms with Gasteiger partial charge in [-0.05, 0) is 43.7 Å². The van der Waals surface area contributed by atoms with Crippen molar-refractivity contribution < 1.29 is 9.18 Å². The van der Waals surface area contributed by atoms with Crippen LogP contribution in [0.15, 0.2) is 36.4 Å². The number of benzene rings is 1. The summed E-state index contributed by atoms with van der Waals surface area (Å²) in [5.41, 5.74) is 3.01. The van der Waals surface area contributed by atoms with Gasteiger partial charge in [-0.25, -0.2) is 4.39 Å². The molecule has 1 N–H and O–H groups in total. The maximum atomic E-state index is 12.7. The number of nitrogens with zero attached hydrogens (tertiary/aromatic N) is 1. The van der Waals surface area contributed by atoms with E-state index in [0.717, 1.165) is 17.0 Å². The molecule has 0 saturated heterocycles. The molecular weight excluding hydrogens is 243 g/mol. The average molecular weight is 260 g/mol. The van der Waals surface area contributed by atoms with Crippen molar-refractivity contribution in [1.29, 1.82) is 0 Å². The molecule has 4 heteroatoms. The molecule has 2 rings (SSSR count). The first kappa shape index (κ1) is 13.3. The van der Waals surface area contributed by atoms with E-state index in [2.05, 4.69) is 5.32 Å². The Morgan fingerprint density at radius 1 is 1.11 bits per heavy atom. The highest BCUT2D eigenvalue weighted by Crippen LogP contribution is 2.07. The summed E-state index contributed by atoms with van der Waals surface area (Å²) in [4.78, 5) is 11.8. The Labute approximate surface area is 112 Å². The first-order valence-corrected chi connectivity index (χ1v) is 6.20. The van der Waals surface area contributed by atoms with Crippen molar-refractivity contribution in [3.8, 4) is 0 Å². The standard InChI is InChI=1S/C15H17FN2O/c1-11-3-4-12(2)18(11)10-15(19)17-9-13-5-7-14(16)8-6-13/h3-8H,9-10H2,1-2H3,(H,17,19). The Morgan fingerprint density at radius 3 is 2.26 bits per heavy atom. The maximum absolute atomic E-state index is 12.7. The largest absolute Gasteiger partial charge is 0.350 e. The number of hydrogen-bond acceptors (Lipinski definition) is 1. The topological polar surface area (TPSA) is 34.0 Å². The highest BCUT2D eigenvalue weighted by Gasteiger charge is 2.06. The second kappa shape index (κ2) is 5.69. The van der Waals surface area contributed by atoms with Gasteiger partial charge < -0.3 is 9.88 Å². The summed E-state index contributed by atoms with van der Waals surface area (Å²) in [7, 11) is 0. The number of nitrogens with one attached hydrogen (secondary N) is 1. The van der Waals surface area contributed by atoms with Gasteiger partial charge in [0.15, 0.2) is 0 Å². The normalized spacial score (nSPS) is 10.5. The molecule has 1 amide bonds. The molecule has 3 nitrogen and oxygen atoms in total. The van der Waals surface area contributed by atoms with E-state index in [4.69, 9.17) is 0 Å². The lowest BCUT2D eigenvalue weighted by molar-refractivity contribution is -0.121. The van der Waals surface area contributed by atoms with Crippen LogP contribution in [0.25, 0.3) is 0 Å². The second-order valence-electron chi connectivity index (χ2n) is 4.61. The zero-order chi connectivity index (χ0) is 13.8. The molecule has 0 radical (unpaired) electrons. The van der Waals surface area contributed by atoms with Crippen LogP contribution in [-0.2, 0) is 17.9 Å². The Kier molecular flexibility index (Phi) is 4.00. The number of rotatable bonds is 4. The van der Waals surface area contributed by atoms with E-state index in [1.54, 1.807) is 12.1 Å². The summed E-state index contributed by atoms with van der Waals surface area (Å²) >= 11 is 0. The molecule has 0 atom stereocenters.